The molecular weight excluding hydrogens is 242 g/mol. The minimum Gasteiger partial charge on any atom is -0.444 e. The SMILES string of the molecule is CC(C)(C)OC(=O)N1CCC(S(=O)NN)CC1. The predicted octanol–water partition coefficient (Wildman–Crippen LogP) is 0.513. The molecule has 1 fully saturated rings. The zero-order chi connectivity index (χ0) is 13.1. The quantitative estimate of drug-likeness (QED) is 0.561. The molecule has 100 valence electrons. The summed E-state index contributed by atoms with van der Waals surface area (Å²) in [4.78, 5) is 15.7. The van der Waals surface area contributed by atoms with Crippen LogP contribution in [0.4, 0.5) is 4.79 Å². The summed E-state index contributed by atoms with van der Waals surface area (Å²) in [5, 5.41) is 0.0127. The fraction of sp³-hybridized carbons (Fsp3) is 0.900. The largest absolute Gasteiger partial charge is 0.444 e. The zero-order valence-corrected chi connectivity index (χ0v) is 11.4. The molecule has 1 unspecified atom stereocenters. The molecule has 0 aromatic rings. The average Bonchev–Trinajstić information content (AvgIpc) is 2.26. The van der Waals surface area contributed by atoms with Crippen LogP contribution < -0.4 is 10.7 Å². The summed E-state index contributed by atoms with van der Waals surface area (Å²) in [5.74, 6) is 5.13. The van der Waals surface area contributed by atoms with Crippen molar-refractivity contribution < 1.29 is 13.7 Å². The molecule has 1 atom stereocenters. The number of hydrazine groups is 1. The van der Waals surface area contributed by atoms with Crippen molar-refractivity contribution in [3.05, 3.63) is 0 Å². The summed E-state index contributed by atoms with van der Waals surface area (Å²) in [6.07, 6.45) is 1.05. The van der Waals surface area contributed by atoms with Crippen LogP contribution in [0.2, 0.25) is 0 Å². The van der Waals surface area contributed by atoms with Crippen LogP contribution in [0.5, 0.6) is 0 Å². The first-order valence-electron chi connectivity index (χ1n) is 5.68. The highest BCUT2D eigenvalue weighted by Gasteiger charge is 2.28. The third kappa shape index (κ3) is 4.61. The van der Waals surface area contributed by atoms with Gasteiger partial charge in [0.2, 0.25) is 0 Å². The van der Waals surface area contributed by atoms with E-state index in [0.717, 1.165) is 0 Å². The van der Waals surface area contributed by atoms with Crippen molar-refractivity contribution in [1.29, 1.82) is 0 Å². The van der Waals surface area contributed by atoms with Gasteiger partial charge in [0.05, 0.1) is 5.25 Å². The zero-order valence-electron chi connectivity index (χ0n) is 10.6. The molecule has 3 N–H and O–H groups in total. The van der Waals surface area contributed by atoms with Crippen molar-refractivity contribution in [2.45, 2.75) is 44.5 Å². The topological polar surface area (TPSA) is 84.7 Å². The molecule has 0 saturated carbocycles. The van der Waals surface area contributed by atoms with Crippen molar-refractivity contribution in [2.24, 2.45) is 5.84 Å². The van der Waals surface area contributed by atoms with Crippen molar-refractivity contribution in [3.8, 4) is 0 Å². The van der Waals surface area contributed by atoms with Crippen molar-refractivity contribution >= 4 is 17.1 Å². The first kappa shape index (κ1) is 14.4. The summed E-state index contributed by atoms with van der Waals surface area (Å²) in [6, 6.07) is 0. The second-order valence-corrected chi connectivity index (χ2v) is 6.58. The number of carbonyl (C=O) groups is 1. The van der Waals surface area contributed by atoms with Gasteiger partial charge in [-0.2, -0.15) is 4.83 Å². The van der Waals surface area contributed by atoms with Gasteiger partial charge in [-0.05, 0) is 33.6 Å². The molecule has 1 rings (SSSR count). The molecule has 1 amide bonds. The highest BCUT2D eigenvalue weighted by molar-refractivity contribution is 7.83. The number of likely N-dealkylation sites (tertiary alicyclic amines) is 1. The minimum absolute atomic E-state index is 0.0127. The van der Waals surface area contributed by atoms with E-state index in [9.17, 15) is 9.00 Å². The molecule has 1 aliphatic heterocycles. The lowest BCUT2D eigenvalue weighted by atomic mass is 10.1. The molecule has 0 radical (unpaired) electrons. The molecule has 1 saturated heterocycles. The number of carbonyl (C=O) groups excluding carboxylic acids is 1. The first-order valence-corrected chi connectivity index (χ1v) is 6.89. The maximum absolute atomic E-state index is 11.7. The lowest BCUT2D eigenvalue weighted by molar-refractivity contribution is 0.0218. The van der Waals surface area contributed by atoms with Gasteiger partial charge in [-0.3, -0.25) is 5.84 Å². The Morgan fingerprint density at radius 1 is 1.41 bits per heavy atom. The van der Waals surface area contributed by atoms with E-state index in [1.165, 1.54) is 0 Å². The molecule has 0 aromatic heterocycles. The lowest BCUT2D eigenvalue weighted by Gasteiger charge is -2.32. The van der Waals surface area contributed by atoms with Gasteiger partial charge in [0.1, 0.15) is 16.6 Å². The number of nitrogens with zero attached hydrogens (tertiary/aromatic N) is 1. The summed E-state index contributed by atoms with van der Waals surface area (Å²) >= 11 is 0. The molecule has 6 nitrogen and oxygen atoms in total. The number of nitrogens with two attached hydrogens (primary N) is 1. The second kappa shape index (κ2) is 5.79. The Kier molecular flexibility index (Phi) is 4.91. The van der Waals surface area contributed by atoms with E-state index in [2.05, 4.69) is 4.83 Å². The Morgan fingerprint density at radius 2 is 1.94 bits per heavy atom. The van der Waals surface area contributed by atoms with Gasteiger partial charge in [0.25, 0.3) is 0 Å². The van der Waals surface area contributed by atoms with Crippen molar-refractivity contribution in [2.75, 3.05) is 13.1 Å². The van der Waals surface area contributed by atoms with Crippen LogP contribution in [0.3, 0.4) is 0 Å². The van der Waals surface area contributed by atoms with E-state index in [1.54, 1.807) is 4.90 Å². The molecule has 0 bridgehead atoms. The molecule has 7 heteroatoms. The third-order valence-electron chi connectivity index (χ3n) is 2.51. The summed E-state index contributed by atoms with van der Waals surface area (Å²) in [7, 11) is -1.21. The van der Waals surface area contributed by atoms with Gasteiger partial charge in [0, 0.05) is 13.1 Å². The second-order valence-electron chi connectivity index (χ2n) is 5.08. The van der Waals surface area contributed by atoms with Gasteiger partial charge in [-0.15, -0.1) is 0 Å². The van der Waals surface area contributed by atoms with Crippen LogP contribution in [0.15, 0.2) is 0 Å². The normalized spacial score (nSPS) is 20.1. The van der Waals surface area contributed by atoms with E-state index < -0.39 is 16.6 Å². The Morgan fingerprint density at radius 3 is 2.35 bits per heavy atom. The van der Waals surface area contributed by atoms with Crippen LogP contribution in [-0.4, -0.2) is 39.1 Å². The van der Waals surface area contributed by atoms with Crippen LogP contribution in [0.25, 0.3) is 0 Å². The number of ether oxygens (including phenoxy) is 1. The maximum atomic E-state index is 11.7. The van der Waals surface area contributed by atoms with E-state index in [0.29, 0.717) is 25.9 Å². The summed E-state index contributed by atoms with van der Waals surface area (Å²) < 4.78 is 16.7. The van der Waals surface area contributed by atoms with E-state index >= 15 is 0 Å². The number of hydrogen-bond acceptors (Lipinski definition) is 4. The first-order chi connectivity index (χ1) is 7.83. The molecular formula is C10H21N3O3S. The number of nitrogens with one attached hydrogen (secondary N) is 1. The van der Waals surface area contributed by atoms with Gasteiger partial charge in [0.15, 0.2) is 0 Å². The molecule has 0 aromatic carbocycles. The third-order valence-corrected chi connectivity index (χ3v) is 3.82. The van der Waals surface area contributed by atoms with Crippen LogP contribution in [0.1, 0.15) is 33.6 Å². The number of hydrogen-bond donors (Lipinski definition) is 2. The Bertz CT molecular complexity index is 296. The molecule has 0 spiro atoms. The average molecular weight is 263 g/mol. The van der Waals surface area contributed by atoms with Gasteiger partial charge in [-0.1, -0.05) is 0 Å². The number of rotatable bonds is 2. The van der Waals surface area contributed by atoms with Gasteiger partial charge >= 0.3 is 6.09 Å². The van der Waals surface area contributed by atoms with Crippen LogP contribution in [0, 0.1) is 0 Å². The molecule has 1 aliphatic rings. The predicted molar refractivity (Wildman–Crippen MR) is 66.3 cm³/mol. The highest BCUT2D eigenvalue weighted by Crippen LogP contribution is 2.17. The smallest absolute Gasteiger partial charge is 0.410 e. The fourth-order valence-corrected chi connectivity index (χ4v) is 2.51. The summed E-state index contributed by atoms with van der Waals surface area (Å²) in [5.41, 5.74) is -0.477. The monoisotopic (exact) mass is 263 g/mol. The van der Waals surface area contributed by atoms with Crippen LogP contribution >= 0.6 is 0 Å². The highest BCUT2D eigenvalue weighted by atomic mass is 32.2. The lowest BCUT2D eigenvalue weighted by Crippen LogP contribution is -2.46. The van der Waals surface area contributed by atoms with Gasteiger partial charge < -0.3 is 9.64 Å². The van der Waals surface area contributed by atoms with Crippen molar-refractivity contribution in [3.63, 3.8) is 0 Å². The maximum Gasteiger partial charge on any atom is 0.410 e. The van der Waals surface area contributed by atoms with Gasteiger partial charge in [-0.25, -0.2) is 9.00 Å². The van der Waals surface area contributed by atoms with E-state index in [4.69, 9.17) is 10.6 Å². The molecule has 0 aliphatic carbocycles. The molecule has 17 heavy (non-hydrogen) atoms. The van der Waals surface area contributed by atoms with E-state index in [-0.39, 0.29) is 11.3 Å². The number of piperidine rings is 1. The minimum atomic E-state index is -1.21. The van der Waals surface area contributed by atoms with Crippen LogP contribution in [-0.2, 0) is 15.7 Å². The fourth-order valence-electron chi connectivity index (χ4n) is 1.68. The molecule has 1 heterocycles. The van der Waals surface area contributed by atoms with E-state index in [1.807, 2.05) is 20.8 Å². The standard InChI is InChI=1S/C10H21N3O3S/c1-10(2,3)16-9(14)13-6-4-8(5-7-13)17(15)12-11/h8,12H,4-7,11H2,1-3H3. The Balaban J connectivity index is 2.42. The Labute approximate surface area is 104 Å². The Hall–Kier alpha value is -0.660. The van der Waals surface area contributed by atoms with Crippen molar-refractivity contribution in [1.82, 2.24) is 9.73 Å². The number of amides is 1. The summed E-state index contributed by atoms with van der Waals surface area (Å²) in [6.45, 7) is 6.64.